The molecule has 0 heterocycles. The first-order chi connectivity index (χ1) is 8.58. The lowest BCUT2D eigenvalue weighted by Gasteiger charge is -2.21. The third kappa shape index (κ3) is 4.35. The molecule has 0 amide bonds. The highest BCUT2D eigenvalue weighted by atomic mass is 35.5. The van der Waals surface area contributed by atoms with Gasteiger partial charge in [0.2, 0.25) is 0 Å². The van der Waals surface area contributed by atoms with Crippen LogP contribution in [0.15, 0.2) is 30.4 Å². The van der Waals surface area contributed by atoms with Gasteiger partial charge in [0.05, 0.1) is 7.11 Å². The van der Waals surface area contributed by atoms with Gasteiger partial charge in [-0.15, -0.1) is 6.58 Å². The molecule has 1 atom stereocenters. The Morgan fingerprint density at radius 2 is 2.22 bits per heavy atom. The molecule has 0 aliphatic carbocycles. The van der Waals surface area contributed by atoms with E-state index >= 15 is 0 Å². The molecule has 0 fully saturated rings. The summed E-state index contributed by atoms with van der Waals surface area (Å²) in [4.78, 5) is 0. The first-order valence-electron chi connectivity index (χ1n) is 6.29. The molecule has 0 saturated heterocycles. The first-order valence-corrected chi connectivity index (χ1v) is 6.67. The predicted octanol–water partition coefficient (Wildman–Crippen LogP) is 4.36. The molecule has 2 nitrogen and oxygen atoms in total. The van der Waals surface area contributed by atoms with Crippen LogP contribution in [-0.2, 0) is 0 Å². The van der Waals surface area contributed by atoms with Crippen LogP contribution in [-0.4, -0.2) is 13.7 Å². The van der Waals surface area contributed by atoms with E-state index in [1.165, 1.54) is 5.57 Å². The van der Waals surface area contributed by atoms with E-state index in [-0.39, 0.29) is 6.04 Å². The van der Waals surface area contributed by atoms with Gasteiger partial charge in [-0.1, -0.05) is 30.2 Å². The summed E-state index contributed by atoms with van der Waals surface area (Å²) in [6, 6.07) is 6.08. The van der Waals surface area contributed by atoms with Gasteiger partial charge in [0, 0.05) is 16.6 Å². The maximum atomic E-state index is 5.99. The van der Waals surface area contributed by atoms with Crippen LogP contribution in [0.1, 0.15) is 38.3 Å². The highest BCUT2D eigenvalue weighted by Crippen LogP contribution is 2.31. The number of nitrogens with one attached hydrogen (secondary N) is 1. The Morgan fingerprint density at radius 1 is 1.50 bits per heavy atom. The minimum absolute atomic E-state index is 0.277. The minimum Gasteiger partial charge on any atom is -0.496 e. The van der Waals surface area contributed by atoms with Crippen molar-refractivity contribution in [2.24, 2.45) is 0 Å². The van der Waals surface area contributed by atoms with Crippen molar-refractivity contribution in [1.82, 2.24) is 5.32 Å². The number of hydrogen-bond acceptors (Lipinski definition) is 2. The third-order valence-electron chi connectivity index (χ3n) is 2.88. The first kappa shape index (κ1) is 15.1. The molecule has 18 heavy (non-hydrogen) atoms. The van der Waals surface area contributed by atoms with E-state index in [1.54, 1.807) is 7.11 Å². The summed E-state index contributed by atoms with van der Waals surface area (Å²) in [6.45, 7) is 9.05. The van der Waals surface area contributed by atoms with Gasteiger partial charge in [0.15, 0.2) is 0 Å². The van der Waals surface area contributed by atoms with Crippen molar-refractivity contribution in [2.45, 2.75) is 32.7 Å². The summed E-state index contributed by atoms with van der Waals surface area (Å²) in [5.74, 6) is 0.843. The zero-order valence-corrected chi connectivity index (χ0v) is 12.2. The summed E-state index contributed by atoms with van der Waals surface area (Å²) >= 11 is 5.99. The molecule has 0 aromatic heterocycles. The highest BCUT2D eigenvalue weighted by Gasteiger charge is 2.15. The number of halogens is 1. The van der Waals surface area contributed by atoms with Crippen molar-refractivity contribution < 1.29 is 4.74 Å². The van der Waals surface area contributed by atoms with Crippen molar-refractivity contribution in [3.63, 3.8) is 0 Å². The standard InChI is InChI=1S/C15H22ClNO/c1-5-17-14(9-6-11(2)3)13-8-7-12(16)10-15(13)18-4/h7-8,10,14,17H,2,5-6,9H2,1,3-4H3. The minimum atomic E-state index is 0.277. The molecule has 3 heteroatoms. The smallest absolute Gasteiger partial charge is 0.125 e. The van der Waals surface area contributed by atoms with E-state index in [0.717, 1.165) is 30.7 Å². The topological polar surface area (TPSA) is 21.3 Å². The van der Waals surface area contributed by atoms with Crippen LogP contribution in [0.25, 0.3) is 0 Å². The lowest BCUT2D eigenvalue weighted by Crippen LogP contribution is -2.21. The summed E-state index contributed by atoms with van der Waals surface area (Å²) < 4.78 is 5.41. The summed E-state index contributed by atoms with van der Waals surface area (Å²) in [7, 11) is 1.68. The van der Waals surface area contributed by atoms with Crippen LogP contribution in [0, 0.1) is 0 Å². The molecule has 0 radical (unpaired) electrons. The quantitative estimate of drug-likeness (QED) is 0.742. The molecule has 1 aromatic rings. The van der Waals surface area contributed by atoms with Crippen LogP contribution in [0.5, 0.6) is 5.75 Å². The molecule has 0 bridgehead atoms. The second-order valence-electron chi connectivity index (χ2n) is 4.49. The Hall–Kier alpha value is -0.990. The van der Waals surface area contributed by atoms with Crippen LogP contribution < -0.4 is 10.1 Å². The van der Waals surface area contributed by atoms with Gasteiger partial charge >= 0.3 is 0 Å². The number of methoxy groups -OCH3 is 1. The van der Waals surface area contributed by atoms with Crippen LogP contribution in [0.4, 0.5) is 0 Å². The molecule has 1 unspecified atom stereocenters. The number of rotatable bonds is 7. The largest absolute Gasteiger partial charge is 0.496 e. The number of hydrogen-bond donors (Lipinski definition) is 1. The summed E-state index contributed by atoms with van der Waals surface area (Å²) in [5, 5.41) is 4.18. The zero-order valence-electron chi connectivity index (χ0n) is 11.4. The molecule has 0 saturated carbocycles. The van der Waals surface area contributed by atoms with E-state index in [0.29, 0.717) is 5.02 Å². The average molecular weight is 268 g/mol. The molecule has 0 spiro atoms. The van der Waals surface area contributed by atoms with Crippen LogP contribution >= 0.6 is 11.6 Å². The third-order valence-corrected chi connectivity index (χ3v) is 3.12. The van der Waals surface area contributed by atoms with Crippen molar-refractivity contribution in [3.8, 4) is 5.75 Å². The van der Waals surface area contributed by atoms with Gasteiger partial charge in [-0.05, 0) is 38.4 Å². The fourth-order valence-electron chi connectivity index (χ4n) is 1.98. The van der Waals surface area contributed by atoms with E-state index in [4.69, 9.17) is 16.3 Å². The molecule has 0 aliphatic heterocycles. The molecular formula is C15H22ClNO. The van der Waals surface area contributed by atoms with E-state index < -0.39 is 0 Å². The van der Waals surface area contributed by atoms with E-state index in [1.807, 2.05) is 18.2 Å². The molecular weight excluding hydrogens is 246 g/mol. The Balaban J connectivity index is 2.93. The van der Waals surface area contributed by atoms with Gasteiger partial charge in [0.1, 0.15) is 5.75 Å². The van der Waals surface area contributed by atoms with Gasteiger partial charge in [-0.3, -0.25) is 0 Å². The monoisotopic (exact) mass is 267 g/mol. The fraction of sp³-hybridized carbons (Fsp3) is 0.467. The van der Waals surface area contributed by atoms with Gasteiger partial charge < -0.3 is 10.1 Å². The SMILES string of the molecule is C=C(C)CCC(NCC)c1ccc(Cl)cc1OC. The van der Waals surface area contributed by atoms with Gasteiger partial charge in [-0.25, -0.2) is 0 Å². The number of benzene rings is 1. The Kier molecular flexibility index (Phi) is 6.23. The summed E-state index contributed by atoms with van der Waals surface area (Å²) in [5.41, 5.74) is 2.36. The number of ether oxygens (including phenoxy) is 1. The van der Waals surface area contributed by atoms with Crippen LogP contribution in [0.3, 0.4) is 0 Å². The van der Waals surface area contributed by atoms with Crippen LogP contribution in [0.2, 0.25) is 5.02 Å². The van der Waals surface area contributed by atoms with Crippen molar-refractivity contribution >= 4 is 11.6 Å². The molecule has 0 aliphatic rings. The Labute approximate surface area is 115 Å². The lowest BCUT2D eigenvalue weighted by atomic mass is 9.99. The van der Waals surface area contributed by atoms with Gasteiger partial charge in [-0.2, -0.15) is 0 Å². The maximum Gasteiger partial charge on any atom is 0.125 e. The van der Waals surface area contributed by atoms with Crippen molar-refractivity contribution in [2.75, 3.05) is 13.7 Å². The number of allylic oxidation sites excluding steroid dienone is 1. The highest BCUT2D eigenvalue weighted by molar-refractivity contribution is 6.30. The second kappa shape index (κ2) is 7.45. The zero-order chi connectivity index (χ0) is 13.5. The van der Waals surface area contributed by atoms with Crippen molar-refractivity contribution in [3.05, 3.63) is 40.9 Å². The maximum absolute atomic E-state index is 5.99. The molecule has 1 aromatic carbocycles. The fourth-order valence-corrected chi connectivity index (χ4v) is 2.14. The molecule has 1 rings (SSSR count). The summed E-state index contributed by atoms with van der Waals surface area (Å²) in [6.07, 6.45) is 2.02. The Morgan fingerprint density at radius 3 is 2.78 bits per heavy atom. The molecule has 100 valence electrons. The average Bonchev–Trinajstić information content (AvgIpc) is 2.34. The van der Waals surface area contributed by atoms with Gasteiger partial charge in [0.25, 0.3) is 0 Å². The molecule has 1 N–H and O–H groups in total. The Bertz CT molecular complexity index is 403. The normalized spacial score (nSPS) is 12.2. The predicted molar refractivity (Wildman–Crippen MR) is 78.5 cm³/mol. The van der Waals surface area contributed by atoms with E-state index in [9.17, 15) is 0 Å². The second-order valence-corrected chi connectivity index (χ2v) is 4.93. The van der Waals surface area contributed by atoms with E-state index in [2.05, 4.69) is 25.7 Å². The lowest BCUT2D eigenvalue weighted by molar-refractivity contribution is 0.396. The van der Waals surface area contributed by atoms with Crippen molar-refractivity contribution in [1.29, 1.82) is 0 Å².